The third kappa shape index (κ3) is 5.74. The summed E-state index contributed by atoms with van der Waals surface area (Å²) in [5, 5.41) is 7.96. The first kappa shape index (κ1) is 23.3. The van der Waals surface area contributed by atoms with E-state index < -0.39 is 11.7 Å². The summed E-state index contributed by atoms with van der Waals surface area (Å²) in [5.74, 6) is 1.52. The third-order valence-electron chi connectivity index (χ3n) is 6.22. The molecule has 0 aliphatic heterocycles. The van der Waals surface area contributed by atoms with Crippen molar-refractivity contribution in [1.82, 2.24) is 15.3 Å². The van der Waals surface area contributed by atoms with Crippen LogP contribution in [0.3, 0.4) is 0 Å². The van der Waals surface area contributed by atoms with Crippen molar-refractivity contribution in [3.05, 3.63) is 59.7 Å². The Bertz CT molecular complexity index is 1080. The monoisotopic (exact) mass is 457 g/mol. The largest absolute Gasteiger partial charge is 0.416 e. The van der Waals surface area contributed by atoms with Crippen molar-refractivity contribution >= 4 is 22.7 Å². The van der Waals surface area contributed by atoms with E-state index in [2.05, 4.69) is 15.6 Å². The standard InChI is InChI=1S/C25H30F3N5/c1-33(2)23-20-8-4-6-10-22(20)31-24(32-23)30-19-13-11-18(12-14-19)29-16-15-17-7-3-5-9-21(17)25(26,27)28/h3-10,18-19,29H,11-16H2,1-2H3,(H,30,31,32)/t18-,19+. The van der Waals surface area contributed by atoms with Crippen LogP contribution in [0.5, 0.6) is 0 Å². The fourth-order valence-electron chi connectivity index (χ4n) is 4.52. The smallest absolute Gasteiger partial charge is 0.362 e. The molecule has 176 valence electrons. The summed E-state index contributed by atoms with van der Waals surface area (Å²) in [6.07, 6.45) is -0.0856. The highest BCUT2D eigenvalue weighted by atomic mass is 19.4. The number of rotatable bonds is 7. The first-order valence-corrected chi connectivity index (χ1v) is 11.4. The lowest BCUT2D eigenvalue weighted by molar-refractivity contribution is -0.138. The number of nitrogens with one attached hydrogen (secondary N) is 2. The van der Waals surface area contributed by atoms with Gasteiger partial charge in [-0.05, 0) is 62.4 Å². The number of hydrogen-bond acceptors (Lipinski definition) is 5. The molecule has 0 saturated heterocycles. The molecule has 5 nitrogen and oxygen atoms in total. The minimum atomic E-state index is -4.31. The molecular formula is C25H30F3N5. The van der Waals surface area contributed by atoms with E-state index in [0.717, 1.165) is 48.5 Å². The van der Waals surface area contributed by atoms with E-state index in [1.54, 1.807) is 12.1 Å². The van der Waals surface area contributed by atoms with Crippen molar-refractivity contribution in [1.29, 1.82) is 0 Å². The number of halogens is 3. The highest BCUT2D eigenvalue weighted by Crippen LogP contribution is 2.32. The second-order valence-electron chi connectivity index (χ2n) is 8.83. The highest BCUT2D eigenvalue weighted by Gasteiger charge is 2.32. The molecule has 8 heteroatoms. The van der Waals surface area contributed by atoms with Crippen molar-refractivity contribution < 1.29 is 13.2 Å². The van der Waals surface area contributed by atoms with E-state index >= 15 is 0 Å². The van der Waals surface area contributed by atoms with Gasteiger partial charge in [0.05, 0.1) is 11.1 Å². The van der Waals surface area contributed by atoms with Crippen LogP contribution in [0.15, 0.2) is 48.5 Å². The Morgan fingerprint density at radius 1 is 0.909 bits per heavy atom. The van der Waals surface area contributed by atoms with Gasteiger partial charge in [0.25, 0.3) is 0 Å². The predicted octanol–water partition coefficient (Wildman–Crippen LogP) is 5.27. The van der Waals surface area contributed by atoms with Gasteiger partial charge >= 0.3 is 6.18 Å². The van der Waals surface area contributed by atoms with Crippen LogP contribution in [0.2, 0.25) is 0 Å². The van der Waals surface area contributed by atoms with Crippen molar-refractivity contribution in [2.75, 3.05) is 30.9 Å². The van der Waals surface area contributed by atoms with Gasteiger partial charge in [0.1, 0.15) is 5.82 Å². The van der Waals surface area contributed by atoms with Crippen molar-refractivity contribution in [2.45, 2.75) is 50.4 Å². The minimum Gasteiger partial charge on any atom is -0.362 e. The maximum atomic E-state index is 13.2. The number of anilines is 2. The number of nitrogens with zero attached hydrogens (tertiary/aromatic N) is 3. The molecule has 1 aliphatic carbocycles. The molecule has 1 aliphatic rings. The van der Waals surface area contributed by atoms with Gasteiger partial charge in [-0.2, -0.15) is 18.2 Å². The van der Waals surface area contributed by atoms with Gasteiger partial charge in [0.15, 0.2) is 0 Å². The molecule has 0 atom stereocenters. The Balaban J connectivity index is 1.30. The number of benzene rings is 2. The molecule has 33 heavy (non-hydrogen) atoms. The van der Waals surface area contributed by atoms with Gasteiger partial charge in [-0.3, -0.25) is 0 Å². The van der Waals surface area contributed by atoms with E-state index in [1.165, 1.54) is 6.07 Å². The quantitative estimate of drug-likeness (QED) is 0.506. The van der Waals surface area contributed by atoms with Crippen molar-refractivity contribution in [2.24, 2.45) is 0 Å². The fourth-order valence-corrected chi connectivity index (χ4v) is 4.52. The maximum Gasteiger partial charge on any atom is 0.416 e. The maximum absolute atomic E-state index is 13.2. The minimum absolute atomic E-state index is 0.283. The summed E-state index contributed by atoms with van der Waals surface area (Å²) in [7, 11) is 3.95. The van der Waals surface area contributed by atoms with Crippen LogP contribution in [0.1, 0.15) is 36.8 Å². The second-order valence-corrected chi connectivity index (χ2v) is 8.83. The van der Waals surface area contributed by atoms with Crippen LogP contribution in [-0.4, -0.2) is 42.7 Å². The fraction of sp³-hybridized carbons (Fsp3) is 0.440. The van der Waals surface area contributed by atoms with Crippen LogP contribution in [0, 0.1) is 0 Å². The number of fused-ring (bicyclic) bond motifs is 1. The van der Waals surface area contributed by atoms with Gasteiger partial charge in [-0.15, -0.1) is 0 Å². The lowest BCUT2D eigenvalue weighted by atomic mass is 9.91. The summed E-state index contributed by atoms with van der Waals surface area (Å²) >= 11 is 0. The molecule has 2 N–H and O–H groups in total. The molecule has 4 rings (SSSR count). The zero-order valence-electron chi connectivity index (χ0n) is 19.0. The number of aromatic nitrogens is 2. The zero-order valence-corrected chi connectivity index (χ0v) is 19.0. The number of hydrogen-bond donors (Lipinski definition) is 2. The Morgan fingerprint density at radius 2 is 1.58 bits per heavy atom. The first-order chi connectivity index (χ1) is 15.8. The lowest BCUT2D eigenvalue weighted by Gasteiger charge is -2.30. The highest BCUT2D eigenvalue weighted by molar-refractivity contribution is 5.90. The molecule has 3 aromatic rings. The summed E-state index contributed by atoms with van der Waals surface area (Å²) in [6.45, 7) is 0.538. The summed E-state index contributed by atoms with van der Waals surface area (Å²) in [5.41, 5.74) is 0.721. The van der Waals surface area contributed by atoms with E-state index in [-0.39, 0.29) is 6.04 Å². The van der Waals surface area contributed by atoms with Gasteiger partial charge < -0.3 is 15.5 Å². The molecule has 1 heterocycles. The van der Waals surface area contributed by atoms with E-state index in [9.17, 15) is 13.2 Å². The SMILES string of the molecule is CN(C)c1nc(N[C@H]2CC[C@@H](NCCc3ccccc3C(F)(F)F)CC2)nc2ccccc12. The molecule has 1 aromatic heterocycles. The normalized spacial score (nSPS) is 18.9. The first-order valence-electron chi connectivity index (χ1n) is 11.4. The molecule has 0 radical (unpaired) electrons. The Hall–Kier alpha value is -2.87. The summed E-state index contributed by atoms with van der Waals surface area (Å²) in [6, 6.07) is 14.4. The van der Waals surface area contributed by atoms with Crippen LogP contribution in [-0.2, 0) is 12.6 Å². The molecule has 0 bridgehead atoms. The van der Waals surface area contributed by atoms with Crippen LogP contribution >= 0.6 is 0 Å². The van der Waals surface area contributed by atoms with Crippen LogP contribution in [0.4, 0.5) is 24.9 Å². The lowest BCUT2D eigenvalue weighted by Crippen LogP contribution is -2.38. The molecular weight excluding hydrogens is 427 g/mol. The van der Waals surface area contributed by atoms with Gasteiger partial charge in [-0.25, -0.2) is 4.98 Å². The molecule has 2 aromatic carbocycles. The molecule has 0 spiro atoms. The average molecular weight is 458 g/mol. The molecule has 1 fully saturated rings. The predicted molar refractivity (Wildman–Crippen MR) is 127 cm³/mol. The molecule has 1 saturated carbocycles. The van der Waals surface area contributed by atoms with Crippen LogP contribution < -0.4 is 15.5 Å². The average Bonchev–Trinajstić information content (AvgIpc) is 2.79. The van der Waals surface area contributed by atoms with Crippen LogP contribution in [0.25, 0.3) is 10.9 Å². The third-order valence-corrected chi connectivity index (χ3v) is 6.22. The van der Waals surface area contributed by atoms with Crippen molar-refractivity contribution in [3.8, 4) is 0 Å². The molecule has 0 unspecified atom stereocenters. The topological polar surface area (TPSA) is 53.1 Å². The van der Waals surface area contributed by atoms with Gasteiger partial charge in [0, 0.05) is 31.6 Å². The van der Waals surface area contributed by atoms with E-state index in [4.69, 9.17) is 4.98 Å². The number of alkyl halides is 3. The van der Waals surface area contributed by atoms with E-state index in [1.807, 2.05) is 43.3 Å². The van der Waals surface area contributed by atoms with Gasteiger partial charge in [-0.1, -0.05) is 30.3 Å². The molecule has 0 amide bonds. The summed E-state index contributed by atoms with van der Waals surface area (Å²) < 4.78 is 39.5. The van der Waals surface area contributed by atoms with E-state index in [0.29, 0.717) is 30.5 Å². The zero-order chi connectivity index (χ0) is 23.4. The Kier molecular flexibility index (Phi) is 7.02. The van der Waals surface area contributed by atoms with Crippen molar-refractivity contribution in [3.63, 3.8) is 0 Å². The Labute approximate surface area is 192 Å². The number of para-hydroxylation sites is 1. The Morgan fingerprint density at radius 3 is 2.30 bits per heavy atom. The van der Waals surface area contributed by atoms with Gasteiger partial charge in [0.2, 0.25) is 5.95 Å². The summed E-state index contributed by atoms with van der Waals surface area (Å²) in [4.78, 5) is 11.4. The second kappa shape index (κ2) is 9.95.